The van der Waals surface area contributed by atoms with E-state index in [1.54, 1.807) is 24.4 Å². The fourth-order valence-corrected chi connectivity index (χ4v) is 6.77. The summed E-state index contributed by atoms with van der Waals surface area (Å²) in [5.41, 5.74) is 4.34. The van der Waals surface area contributed by atoms with Gasteiger partial charge < -0.3 is 14.6 Å². The first-order valence-electron chi connectivity index (χ1n) is 11.2. The minimum absolute atomic E-state index is 0. The molecule has 35 heavy (non-hydrogen) atoms. The van der Waals surface area contributed by atoms with Gasteiger partial charge in [-0.25, -0.2) is 4.98 Å². The van der Waals surface area contributed by atoms with Crippen molar-refractivity contribution in [3.05, 3.63) is 69.7 Å². The fraction of sp³-hybridized carbons (Fsp3) is 0.360. The maximum atomic E-state index is 13.7. The van der Waals surface area contributed by atoms with Crippen molar-refractivity contribution in [2.24, 2.45) is 5.92 Å². The van der Waals surface area contributed by atoms with Gasteiger partial charge in [0.1, 0.15) is 12.4 Å². The maximum absolute atomic E-state index is 13.7. The van der Waals surface area contributed by atoms with Gasteiger partial charge in [0, 0.05) is 17.6 Å². The molecule has 4 rings (SSSR count). The molecule has 0 saturated carbocycles. The largest absolute Gasteiger partial charge is 1.00 e. The molecule has 0 N–H and O–H groups in total. The van der Waals surface area contributed by atoms with Gasteiger partial charge in [-0.05, 0) is 66.5 Å². The van der Waals surface area contributed by atoms with Crippen LogP contribution in [-0.4, -0.2) is 25.9 Å². The van der Waals surface area contributed by atoms with E-state index in [-0.39, 0.29) is 80.4 Å². The Hall–Kier alpha value is -1.27. The van der Waals surface area contributed by atoms with Gasteiger partial charge in [0.2, 0.25) is 4.34 Å². The van der Waals surface area contributed by atoms with Crippen LogP contribution in [0.3, 0.4) is 0 Å². The van der Waals surface area contributed by atoms with Crippen LogP contribution in [0.15, 0.2) is 46.1 Å². The number of thiazole rings is 1. The number of hydrogen-bond donors (Lipinski definition) is 0. The van der Waals surface area contributed by atoms with E-state index in [1.165, 1.54) is 16.4 Å². The van der Waals surface area contributed by atoms with Crippen LogP contribution in [0.2, 0.25) is 0 Å². The maximum Gasteiger partial charge on any atom is 1.00 e. The first kappa shape index (κ1) is 28.3. The summed E-state index contributed by atoms with van der Waals surface area (Å²) < 4.78 is 35.0. The van der Waals surface area contributed by atoms with Crippen molar-refractivity contribution in [2.75, 3.05) is 10.8 Å². The average molecular weight is 539 g/mol. The van der Waals surface area contributed by atoms with Crippen LogP contribution in [0.5, 0.6) is 5.75 Å². The summed E-state index contributed by atoms with van der Waals surface area (Å²) in [7, 11) is -3.88. The number of carboxylic acid groups (broad SMARTS) is 1. The second kappa shape index (κ2) is 11.8. The molecular weight excluding hydrogens is 512 g/mol. The SMILES string of the molecule is Cc1csc(S(=O)(=O)N(CC(C)C)c2cc3c(cc2OCc2ccc(C(=O)[O-])cc2)CCC3)n1.[K+]. The van der Waals surface area contributed by atoms with Crippen molar-refractivity contribution in [3.8, 4) is 5.75 Å². The summed E-state index contributed by atoms with van der Waals surface area (Å²) in [6.45, 7) is 6.18. The predicted octanol–water partition coefficient (Wildman–Crippen LogP) is 0.738. The van der Waals surface area contributed by atoms with Gasteiger partial charge >= 0.3 is 51.4 Å². The number of carbonyl (C=O) groups excluding carboxylic acids is 1. The van der Waals surface area contributed by atoms with E-state index in [1.807, 2.05) is 26.0 Å². The Bertz CT molecular complexity index is 1300. The summed E-state index contributed by atoms with van der Waals surface area (Å²) in [5, 5.41) is 12.7. The van der Waals surface area contributed by atoms with Gasteiger partial charge in [0.05, 0.1) is 11.7 Å². The minimum atomic E-state index is -3.88. The number of carbonyl (C=O) groups is 1. The van der Waals surface area contributed by atoms with Crippen LogP contribution < -0.4 is 65.5 Å². The zero-order chi connectivity index (χ0) is 24.5. The Morgan fingerprint density at radius 3 is 2.40 bits per heavy atom. The van der Waals surface area contributed by atoms with E-state index in [0.717, 1.165) is 47.3 Å². The number of aromatic nitrogens is 1. The minimum Gasteiger partial charge on any atom is -0.545 e. The van der Waals surface area contributed by atoms with Crippen LogP contribution in [0.1, 0.15) is 53.0 Å². The topological polar surface area (TPSA) is 99.6 Å². The molecule has 0 atom stereocenters. The first-order valence-corrected chi connectivity index (χ1v) is 13.5. The molecule has 0 saturated heterocycles. The monoisotopic (exact) mass is 538 g/mol. The fourth-order valence-electron chi connectivity index (χ4n) is 4.00. The van der Waals surface area contributed by atoms with Crippen molar-refractivity contribution in [3.63, 3.8) is 0 Å². The standard InChI is InChI=1S/C25H28N2O5S2.K/c1-16(2)13-27(34(30,31)25-26-17(3)15-33-25)22-11-20-5-4-6-21(20)12-23(22)32-14-18-7-9-19(10-8-18)24(28)29;/h7-12,15-16H,4-6,13-14H2,1-3H3,(H,28,29);/q;+1/p-1. The normalized spacial score (nSPS) is 12.8. The van der Waals surface area contributed by atoms with Gasteiger partial charge in [-0.2, -0.15) is 8.42 Å². The molecule has 3 aromatic rings. The molecule has 1 aliphatic carbocycles. The molecule has 2 aromatic carbocycles. The molecule has 0 bridgehead atoms. The smallest absolute Gasteiger partial charge is 0.545 e. The number of ether oxygens (including phenoxy) is 1. The van der Waals surface area contributed by atoms with E-state index >= 15 is 0 Å². The average Bonchev–Trinajstić information content (AvgIpc) is 3.44. The molecule has 0 fully saturated rings. The molecular formula is C25H27KN2O5S2. The summed E-state index contributed by atoms with van der Waals surface area (Å²) >= 11 is 1.12. The van der Waals surface area contributed by atoms with Crippen LogP contribution in [0.4, 0.5) is 5.69 Å². The van der Waals surface area contributed by atoms with Crippen molar-refractivity contribution >= 4 is 33.0 Å². The third-order valence-electron chi connectivity index (χ3n) is 5.67. The first-order chi connectivity index (χ1) is 16.1. The second-order valence-corrected chi connectivity index (χ2v) is 11.8. The number of benzene rings is 2. The van der Waals surface area contributed by atoms with E-state index in [9.17, 15) is 18.3 Å². The molecule has 1 heterocycles. The van der Waals surface area contributed by atoms with Crippen LogP contribution in [0.25, 0.3) is 0 Å². The molecule has 180 valence electrons. The van der Waals surface area contributed by atoms with Crippen molar-refractivity contribution in [1.82, 2.24) is 4.98 Å². The Balaban J connectivity index is 0.00000342. The number of fused-ring (bicyclic) bond motifs is 1. The Labute approximate surface area is 253 Å². The van der Waals surface area contributed by atoms with Crippen LogP contribution >= 0.6 is 11.3 Å². The molecule has 0 radical (unpaired) electrons. The molecule has 10 heteroatoms. The van der Waals surface area contributed by atoms with Gasteiger partial charge in [0.25, 0.3) is 10.0 Å². The van der Waals surface area contributed by atoms with Crippen molar-refractivity contribution < 1.29 is 74.4 Å². The zero-order valence-corrected chi connectivity index (χ0v) is 25.2. The predicted molar refractivity (Wildman–Crippen MR) is 130 cm³/mol. The number of aryl methyl sites for hydroxylation is 3. The van der Waals surface area contributed by atoms with Crippen molar-refractivity contribution in [2.45, 2.75) is 51.0 Å². The van der Waals surface area contributed by atoms with Gasteiger partial charge in [-0.1, -0.05) is 38.1 Å². The third kappa shape index (κ3) is 6.54. The number of sulfonamides is 1. The molecule has 1 aliphatic rings. The van der Waals surface area contributed by atoms with Gasteiger partial charge in [-0.15, -0.1) is 11.3 Å². The number of hydrogen-bond acceptors (Lipinski definition) is 7. The summed E-state index contributed by atoms with van der Waals surface area (Å²) in [5.74, 6) is -0.670. The molecule has 0 amide bonds. The third-order valence-corrected chi connectivity index (χ3v) is 8.80. The second-order valence-electron chi connectivity index (χ2n) is 8.90. The number of anilines is 1. The number of aromatic carboxylic acids is 1. The molecule has 0 spiro atoms. The van der Waals surface area contributed by atoms with E-state index in [2.05, 4.69) is 4.98 Å². The van der Waals surface area contributed by atoms with Crippen LogP contribution in [0, 0.1) is 12.8 Å². The summed E-state index contributed by atoms with van der Waals surface area (Å²) in [6, 6.07) is 10.2. The number of carboxylic acids is 1. The molecule has 0 aliphatic heterocycles. The van der Waals surface area contributed by atoms with Crippen LogP contribution in [-0.2, 0) is 29.5 Å². The number of rotatable bonds is 9. The molecule has 7 nitrogen and oxygen atoms in total. The Morgan fingerprint density at radius 2 is 1.83 bits per heavy atom. The van der Waals surface area contributed by atoms with E-state index in [4.69, 9.17) is 4.74 Å². The van der Waals surface area contributed by atoms with Crippen molar-refractivity contribution in [1.29, 1.82) is 0 Å². The summed E-state index contributed by atoms with van der Waals surface area (Å²) in [6.07, 6.45) is 2.85. The quantitative estimate of drug-likeness (QED) is 0.373. The van der Waals surface area contributed by atoms with E-state index in [0.29, 0.717) is 17.1 Å². The molecule has 1 aromatic heterocycles. The van der Waals surface area contributed by atoms with Gasteiger partial charge in [-0.3, -0.25) is 4.31 Å². The summed E-state index contributed by atoms with van der Waals surface area (Å²) in [4.78, 5) is 15.3. The number of nitrogens with zero attached hydrogens (tertiary/aromatic N) is 2. The molecule has 0 unspecified atom stereocenters. The van der Waals surface area contributed by atoms with E-state index < -0.39 is 16.0 Å². The zero-order valence-electron chi connectivity index (χ0n) is 20.4. The Morgan fingerprint density at radius 1 is 1.17 bits per heavy atom. The van der Waals surface area contributed by atoms with Gasteiger partial charge in [0.15, 0.2) is 0 Å². The Kier molecular flexibility index (Phi) is 9.58.